The molecule has 0 saturated heterocycles. The van der Waals surface area contributed by atoms with E-state index in [-0.39, 0.29) is 28.6 Å². The molecule has 0 atom stereocenters. The number of sulfonamides is 2. The minimum absolute atomic E-state index is 0.0672. The van der Waals surface area contributed by atoms with E-state index in [1.807, 2.05) is 6.07 Å². The summed E-state index contributed by atoms with van der Waals surface area (Å²) in [6.45, 7) is -0.330. The number of nitrogens with zero attached hydrogens (tertiary/aromatic N) is 2. The lowest BCUT2D eigenvalue weighted by Gasteiger charge is -2.23. The van der Waals surface area contributed by atoms with Gasteiger partial charge in [-0.3, -0.25) is 9.10 Å². The van der Waals surface area contributed by atoms with Crippen LogP contribution in [0, 0.1) is 0 Å². The summed E-state index contributed by atoms with van der Waals surface area (Å²) in [6.07, 6.45) is 0.505. The highest BCUT2D eigenvalue weighted by Gasteiger charge is 2.32. The number of fused-ring (bicyclic) bond motifs is 1. The van der Waals surface area contributed by atoms with Gasteiger partial charge in [0.2, 0.25) is 15.9 Å². The first kappa shape index (κ1) is 31.3. The largest absolute Gasteiger partial charge is 0.493 e. The van der Waals surface area contributed by atoms with Crippen molar-refractivity contribution in [1.82, 2.24) is 4.31 Å². The zero-order valence-corrected chi connectivity index (χ0v) is 26.3. The molecule has 1 N–H and O–H groups in total. The predicted octanol–water partition coefficient (Wildman–Crippen LogP) is 4.94. The van der Waals surface area contributed by atoms with E-state index < -0.39 is 32.5 Å². The third-order valence-corrected chi connectivity index (χ3v) is 11.0. The molecule has 44 heavy (non-hydrogen) atoms. The highest BCUT2D eigenvalue weighted by Crippen LogP contribution is 2.36. The Bertz CT molecular complexity index is 1890. The molecule has 4 aromatic rings. The Kier molecular flexibility index (Phi) is 9.16. The van der Waals surface area contributed by atoms with Crippen molar-refractivity contribution >= 4 is 48.9 Å². The van der Waals surface area contributed by atoms with Crippen molar-refractivity contribution in [3.05, 3.63) is 107 Å². The molecule has 10 nitrogen and oxygen atoms in total. The Balaban J connectivity index is 1.40. The van der Waals surface area contributed by atoms with E-state index in [1.165, 1.54) is 61.0 Å². The van der Waals surface area contributed by atoms with E-state index in [4.69, 9.17) is 21.1 Å². The molecule has 1 aliphatic heterocycles. The molecule has 0 aromatic heterocycles. The number of hydrogen-bond acceptors (Lipinski definition) is 7. The molecular formula is C31H30ClN3O7S2. The third kappa shape index (κ3) is 6.53. The van der Waals surface area contributed by atoms with Gasteiger partial charge < -0.3 is 14.8 Å². The number of hydrogen-bond donors (Lipinski definition) is 1. The van der Waals surface area contributed by atoms with Gasteiger partial charge in [0.15, 0.2) is 11.5 Å². The third-order valence-electron chi connectivity index (χ3n) is 7.14. The van der Waals surface area contributed by atoms with Gasteiger partial charge in [0.25, 0.3) is 10.0 Å². The average molecular weight is 656 g/mol. The maximum absolute atomic E-state index is 13.8. The van der Waals surface area contributed by atoms with Crippen LogP contribution in [0.2, 0.25) is 5.02 Å². The molecule has 0 bridgehead atoms. The maximum atomic E-state index is 13.8. The van der Waals surface area contributed by atoms with Gasteiger partial charge in [-0.15, -0.1) is 0 Å². The number of rotatable bonds is 11. The lowest BCUT2D eigenvalue weighted by Crippen LogP contribution is -2.37. The molecule has 1 heterocycles. The standard InChI is InChI=1S/C31H30ClN3O7S2/c1-41-29-15-14-27(19-30(29)42-2)43(37,38)34(20-22-6-4-3-5-7-22)21-31(36)33-25-11-8-23-16-17-35(28(23)18-25)44(39,40)26-12-9-24(32)10-13-26/h3-15,18-19H,16-17,20-21H2,1-2H3,(H,33,36). The molecule has 0 spiro atoms. The SMILES string of the molecule is COc1ccc(S(=O)(=O)N(CC(=O)Nc2ccc3c(c2)N(S(=O)(=O)c2ccc(Cl)cc2)CC3)Cc2ccccc2)cc1OC. The molecule has 0 aliphatic carbocycles. The van der Waals surface area contributed by atoms with Crippen molar-refractivity contribution in [3.8, 4) is 11.5 Å². The topological polar surface area (TPSA) is 122 Å². The normalized spacial score (nSPS) is 13.0. The number of ether oxygens (including phenoxy) is 2. The number of anilines is 2. The van der Waals surface area contributed by atoms with E-state index in [1.54, 1.807) is 42.5 Å². The quantitative estimate of drug-likeness (QED) is 0.243. The van der Waals surface area contributed by atoms with E-state index >= 15 is 0 Å². The summed E-state index contributed by atoms with van der Waals surface area (Å²) in [7, 11) is -5.20. The van der Waals surface area contributed by atoms with Crippen LogP contribution in [0.1, 0.15) is 11.1 Å². The average Bonchev–Trinajstić information content (AvgIpc) is 3.45. The first-order valence-electron chi connectivity index (χ1n) is 13.5. The Morgan fingerprint density at radius 1 is 0.864 bits per heavy atom. The van der Waals surface area contributed by atoms with Gasteiger partial charge in [-0.1, -0.05) is 48.0 Å². The molecule has 0 unspecified atom stereocenters. The molecule has 13 heteroatoms. The van der Waals surface area contributed by atoms with Gasteiger partial charge in [0.05, 0.1) is 36.2 Å². The molecule has 230 valence electrons. The van der Waals surface area contributed by atoms with Gasteiger partial charge >= 0.3 is 0 Å². The molecule has 1 aliphatic rings. The molecule has 0 radical (unpaired) electrons. The van der Waals surface area contributed by atoms with Gasteiger partial charge in [0.1, 0.15) is 0 Å². The van der Waals surface area contributed by atoms with Gasteiger partial charge in [0, 0.05) is 29.9 Å². The van der Waals surface area contributed by atoms with Crippen molar-refractivity contribution in [3.63, 3.8) is 0 Å². The Morgan fingerprint density at radius 2 is 1.55 bits per heavy atom. The number of nitrogens with one attached hydrogen (secondary N) is 1. The van der Waals surface area contributed by atoms with Crippen LogP contribution in [0.4, 0.5) is 11.4 Å². The van der Waals surface area contributed by atoms with Crippen molar-refractivity contribution in [2.24, 2.45) is 0 Å². The summed E-state index contributed by atoms with van der Waals surface area (Å²) in [5.41, 5.74) is 2.26. The van der Waals surface area contributed by atoms with E-state index in [0.717, 1.165) is 9.87 Å². The van der Waals surface area contributed by atoms with Crippen LogP contribution in [0.3, 0.4) is 0 Å². The van der Waals surface area contributed by atoms with Crippen LogP contribution >= 0.6 is 11.6 Å². The van der Waals surface area contributed by atoms with Crippen molar-refractivity contribution in [1.29, 1.82) is 0 Å². The zero-order chi connectivity index (χ0) is 31.5. The van der Waals surface area contributed by atoms with Crippen LogP contribution in [0.15, 0.2) is 101 Å². The van der Waals surface area contributed by atoms with Gasteiger partial charge in [-0.2, -0.15) is 4.31 Å². The number of halogens is 1. The molecule has 0 saturated carbocycles. The molecule has 4 aromatic carbocycles. The Labute approximate surface area is 261 Å². The molecule has 1 amide bonds. The second-order valence-electron chi connectivity index (χ2n) is 9.95. The van der Waals surface area contributed by atoms with Crippen LogP contribution < -0.4 is 19.1 Å². The molecule has 5 rings (SSSR count). The lowest BCUT2D eigenvalue weighted by molar-refractivity contribution is -0.116. The summed E-state index contributed by atoms with van der Waals surface area (Å²) < 4.78 is 67.3. The monoisotopic (exact) mass is 655 g/mol. The van der Waals surface area contributed by atoms with Crippen LogP contribution in [-0.4, -0.2) is 54.4 Å². The van der Waals surface area contributed by atoms with Crippen LogP contribution in [-0.2, 0) is 37.8 Å². The maximum Gasteiger partial charge on any atom is 0.264 e. The van der Waals surface area contributed by atoms with Crippen LogP contribution in [0.25, 0.3) is 0 Å². The number of carbonyl (C=O) groups excluding carboxylic acids is 1. The second-order valence-corrected chi connectivity index (χ2v) is 14.2. The van der Waals surface area contributed by atoms with E-state index in [0.29, 0.717) is 34.1 Å². The smallest absolute Gasteiger partial charge is 0.264 e. The first-order chi connectivity index (χ1) is 21.0. The Hall–Kier alpha value is -4.10. The lowest BCUT2D eigenvalue weighted by atomic mass is 10.1. The number of amides is 1. The summed E-state index contributed by atoms with van der Waals surface area (Å²) in [6, 6.07) is 24.1. The molecule has 0 fully saturated rings. The summed E-state index contributed by atoms with van der Waals surface area (Å²) in [5, 5.41) is 3.16. The van der Waals surface area contributed by atoms with Crippen LogP contribution in [0.5, 0.6) is 11.5 Å². The van der Waals surface area contributed by atoms with E-state index in [9.17, 15) is 21.6 Å². The highest BCUT2D eigenvalue weighted by atomic mass is 35.5. The van der Waals surface area contributed by atoms with Gasteiger partial charge in [-0.05, 0) is 66.1 Å². The van der Waals surface area contributed by atoms with Crippen molar-refractivity contribution in [2.45, 2.75) is 22.8 Å². The summed E-state index contributed by atoms with van der Waals surface area (Å²) >= 11 is 5.94. The zero-order valence-electron chi connectivity index (χ0n) is 23.9. The van der Waals surface area contributed by atoms with Crippen molar-refractivity contribution in [2.75, 3.05) is 36.9 Å². The predicted molar refractivity (Wildman–Crippen MR) is 168 cm³/mol. The fraction of sp³-hybridized carbons (Fsp3) is 0.194. The van der Waals surface area contributed by atoms with E-state index in [2.05, 4.69) is 5.32 Å². The fourth-order valence-corrected chi connectivity index (χ4v) is 7.93. The summed E-state index contributed by atoms with van der Waals surface area (Å²) in [5.74, 6) is -0.00786. The highest BCUT2D eigenvalue weighted by molar-refractivity contribution is 7.92. The van der Waals surface area contributed by atoms with Crippen molar-refractivity contribution < 1.29 is 31.1 Å². The number of benzene rings is 4. The minimum Gasteiger partial charge on any atom is -0.493 e. The number of methoxy groups -OCH3 is 2. The fourth-order valence-electron chi connectivity index (χ4n) is 4.91. The number of carbonyl (C=O) groups is 1. The summed E-state index contributed by atoms with van der Waals surface area (Å²) in [4.78, 5) is 13.4. The van der Waals surface area contributed by atoms with Gasteiger partial charge in [-0.25, -0.2) is 16.8 Å². The first-order valence-corrected chi connectivity index (χ1v) is 16.8. The Morgan fingerprint density at radius 3 is 2.23 bits per heavy atom. The molecular weight excluding hydrogens is 626 g/mol. The second kappa shape index (κ2) is 12.9. The minimum atomic E-state index is -4.18.